The van der Waals surface area contributed by atoms with Gasteiger partial charge in [-0.1, -0.05) is 35.9 Å². The zero-order chi connectivity index (χ0) is 30.9. The summed E-state index contributed by atoms with van der Waals surface area (Å²) in [7, 11) is 0. The molecule has 12 heteroatoms. The Hall–Kier alpha value is -4.64. The monoisotopic (exact) mass is 653 g/mol. The number of carbonyl (C=O) groups excluding carboxylic acids is 2. The molecule has 4 aromatic rings. The van der Waals surface area contributed by atoms with E-state index < -0.39 is 5.97 Å². The molecule has 1 amide bonds. The summed E-state index contributed by atoms with van der Waals surface area (Å²) in [6.45, 7) is 4.24. The molecule has 2 aliphatic rings. The number of ether oxygens (including phenoxy) is 4. The zero-order valence-corrected chi connectivity index (χ0v) is 25.8. The number of para-hydroxylation sites is 1. The largest absolute Gasteiger partial charge is 0.507 e. The molecule has 0 unspecified atom stereocenters. The molecule has 236 valence electrons. The lowest BCUT2D eigenvalue weighted by atomic mass is 10.1. The number of anilines is 1. The first kappa shape index (κ1) is 33.3. The van der Waals surface area contributed by atoms with Crippen molar-refractivity contribution in [3.63, 3.8) is 0 Å². The van der Waals surface area contributed by atoms with Gasteiger partial charge < -0.3 is 34.7 Å². The van der Waals surface area contributed by atoms with E-state index in [0.29, 0.717) is 35.3 Å². The summed E-state index contributed by atoms with van der Waals surface area (Å²) in [6.07, 6.45) is 0. The number of hydrogen-bond acceptors (Lipinski definition) is 9. The molecule has 45 heavy (non-hydrogen) atoms. The van der Waals surface area contributed by atoms with Crippen molar-refractivity contribution in [2.75, 3.05) is 45.3 Å². The SMILES string of the molecule is Cl.Nc1ccc(C(=O)Oc2ccccc2)c(O)c1.O=C(COc1ccc(Cl)cc1)N1CCN(Cc2ccc3c(c2)OCO3)CC1. The van der Waals surface area contributed by atoms with E-state index in [-0.39, 0.29) is 43.0 Å². The van der Waals surface area contributed by atoms with Gasteiger partial charge in [-0.3, -0.25) is 9.69 Å². The van der Waals surface area contributed by atoms with Crippen molar-refractivity contribution < 1.29 is 33.6 Å². The van der Waals surface area contributed by atoms with Gasteiger partial charge in [0.2, 0.25) is 6.79 Å². The average molecular weight is 655 g/mol. The molecule has 2 heterocycles. The van der Waals surface area contributed by atoms with Crippen LogP contribution in [0.5, 0.6) is 28.7 Å². The number of amides is 1. The van der Waals surface area contributed by atoms with E-state index in [4.69, 9.17) is 36.3 Å². The third kappa shape index (κ3) is 9.42. The number of rotatable bonds is 7. The lowest BCUT2D eigenvalue weighted by Gasteiger charge is -2.34. The Morgan fingerprint density at radius 2 is 1.56 bits per heavy atom. The van der Waals surface area contributed by atoms with Gasteiger partial charge in [0.25, 0.3) is 5.91 Å². The van der Waals surface area contributed by atoms with E-state index in [0.717, 1.165) is 31.1 Å². The third-order valence-electron chi connectivity index (χ3n) is 6.94. The third-order valence-corrected chi connectivity index (χ3v) is 7.19. The molecule has 0 bridgehead atoms. The molecule has 4 aromatic carbocycles. The maximum Gasteiger partial charge on any atom is 0.347 e. The van der Waals surface area contributed by atoms with Crippen LogP contribution in [0.2, 0.25) is 5.02 Å². The molecule has 0 saturated carbocycles. The predicted octanol–water partition coefficient (Wildman–Crippen LogP) is 5.41. The van der Waals surface area contributed by atoms with E-state index in [1.165, 1.54) is 23.8 Å². The van der Waals surface area contributed by atoms with Crippen molar-refractivity contribution in [3.05, 3.63) is 107 Å². The van der Waals surface area contributed by atoms with E-state index in [9.17, 15) is 14.7 Å². The van der Waals surface area contributed by atoms with Gasteiger partial charge in [0, 0.05) is 49.5 Å². The minimum absolute atomic E-state index is 0. The summed E-state index contributed by atoms with van der Waals surface area (Å²) in [5.74, 6) is 1.88. The zero-order valence-electron chi connectivity index (χ0n) is 24.3. The molecule has 3 N–H and O–H groups in total. The molecular weight excluding hydrogens is 621 g/mol. The van der Waals surface area contributed by atoms with E-state index in [2.05, 4.69) is 11.0 Å². The average Bonchev–Trinajstić information content (AvgIpc) is 3.50. The van der Waals surface area contributed by atoms with Crippen LogP contribution in [0.1, 0.15) is 15.9 Å². The molecule has 0 aliphatic carbocycles. The minimum Gasteiger partial charge on any atom is -0.507 e. The molecular formula is C33H33Cl2N3O7. The van der Waals surface area contributed by atoms with Crippen molar-refractivity contribution >= 4 is 41.6 Å². The Bertz CT molecular complexity index is 1580. The fourth-order valence-electron chi connectivity index (χ4n) is 4.59. The number of carbonyl (C=O) groups is 2. The first-order chi connectivity index (χ1) is 21.3. The first-order valence-electron chi connectivity index (χ1n) is 14.0. The van der Waals surface area contributed by atoms with E-state index >= 15 is 0 Å². The van der Waals surface area contributed by atoms with E-state index in [1.807, 2.05) is 23.1 Å². The van der Waals surface area contributed by atoms with Crippen LogP contribution >= 0.6 is 24.0 Å². The van der Waals surface area contributed by atoms with Crippen LogP contribution in [0.15, 0.2) is 91.0 Å². The maximum atomic E-state index is 12.4. The van der Waals surface area contributed by atoms with E-state index in [1.54, 1.807) is 48.5 Å². The summed E-state index contributed by atoms with van der Waals surface area (Å²) >= 11 is 5.85. The molecule has 6 rings (SSSR count). The molecule has 1 saturated heterocycles. The second-order valence-corrected chi connectivity index (χ2v) is 10.5. The number of phenols is 1. The van der Waals surface area contributed by atoms with Crippen molar-refractivity contribution in [1.82, 2.24) is 9.80 Å². The van der Waals surface area contributed by atoms with Gasteiger partial charge in [-0.05, 0) is 66.2 Å². The van der Waals surface area contributed by atoms with Gasteiger partial charge in [-0.25, -0.2) is 4.79 Å². The fourth-order valence-corrected chi connectivity index (χ4v) is 4.72. The highest BCUT2D eigenvalue weighted by atomic mass is 35.5. The molecule has 0 aromatic heterocycles. The second-order valence-electron chi connectivity index (χ2n) is 10.1. The molecule has 0 radical (unpaired) electrons. The molecule has 0 atom stereocenters. The van der Waals surface area contributed by atoms with Crippen LogP contribution in [0.3, 0.4) is 0 Å². The smallest absolute Gasteiger partial charge is 0.347 e. The highest BCUT2D eigenvalue weighted by Crippen LogP contribution is 2.33. The summed E-state index contributed by atoms with van der Waals surface area (Å²) in [5.41, 5.74) is 7.13. The van der Waals surface area contributed by atoms with Gasteiger partial charge >= 0.3 is 5.97 Å². The van der Waals surface area contributed by atoms with Crippen LogP contribution in [0.25, 0.3) is 0 Å². The van der Waals surface area contributed by atoms with Crippen LogP contribution in [0.4, 0.5) is 5.69 Å². The Balaban J connectivity index is 0.000000222. The normalized spacial score (nSPS) is 13.6. The topological polar surface area (TPSA) is 124 Å². The number of fused-ring (bicyclic) bond motifs is 1. The number of benzene rings is 4. The summed E-state index contributed by atoms with van der Waals surface area (Å²) in [4.78, 5) is 28.3. The Morgan fingerprint density at radius 1 is 0.844 bits per heavy atom. The Labute approximate surface area is 272 Å². The number of aromatic hydroxyl groups is 1. The number of hydrogen-bond donors (Lipinski definition) is 2. The number of nitrogens with two attached hydrogens (primary N) is 1. The van der Waals surface area contributed by atoms with Gasteiger partial charge in [0.15, 0.2) is 18.1 Å². The van der Waals surface area contributed by atoms with Crippen molar-refractivity contribution in [1.29, 1.82) is 0 Å². The molecule has 10 nitrogen and oxygen atoms in total. The van der Waals surface area contributed by atoms with Crippen molar-refractivity contribution in [3.8, 4) is 28.7 Å². The molecule has 2 aliphatic heterocycles. The van der Waals surface area contributed by atoms with Crippen LogP contribution in [0, 0.1) is 0 Å². The van der Waals surface area contributed by atoms with Crippen LogP contribution < -0.4 is 24.7 Å². The fraction of sp³-hybridized carbons (Fsp3) is 0.212. The van der Waals surface area contributed by atoms with Crippen molar-refractivity contribution in [2.45, 2.75) is 6.54 Å². The maximum absolute atomic E-state index is 12.4. The summed E-state index contributed by atoms with van der Waals surface area (Å²) < 4.78 is 21.4. The van der Waals surface area contributed by atoms with Crippen LogP contribution in [-0.2, 0) is 11.3 Å². The lowest BCUT2D eigenvalue weighted by molar-refractivity contribution is -0.135. The molecule has 1 fully saturated rings. The van der Waals surface area contributed by atoms with Gasteiger partial charge in [0.05, 0.1) is 0 Å². The highest BCUT2D eigenvalue weighted by molar-refractivity contribution is 6.30. The van der Waals surface area contributed by atoms with Gasteiger partial charge in [-0.2, -0.15) is 0 Å². The molecule has 0 spiro atoms. The number of phenolic OH excluding ortho intramolecular Hbond substituents is 1. The number of esters is 1. The lowest BCUT2D eigenvalue weighted by Crippen LogP contribution is -2.49. The Morgan fingerprint density at radius 3 is 2.27 bits per heavy atom. The summed E-state index contributed by atoms with van der Waals surface area (Å²) in [5, 5.41) is 10.2. The Kier molecular flexibility index (Phi) is 11.7. The number of nitrogen functional groups attached to an aromatic ring is 1. The number of piperazine rings is 1. The van der Waals surface area contributed by atoms with Gasteiger partial charge in [0.1, 0.15) is 22.8 Å². The van der Waals surface area contributed by atoms with Crippen molar-refractivity contribution in [2.24, 2.45) is 0 Å². The predicted molar refractivity (Wildman–Crippen MR) is 173 cm³/mol. The number of halogens is 2. The minimum atomic E-state index is -0.617. The first-order valence-corrected chi connectivity index (χ1v) is 14.3. The second kappa shape index (κ2) is 15.9. The standard InChI is InChI=1S/C20H21ClN2O4.C13H11NO3.ClH/c21-16-2-4-17(5-3-16)25-13-20(24)23-9-7-22(8-10-23)12-15-1-6-18-19(11-15)27-14-26-18;14-9-6-7-11(12(15)8-9)13(16)17-10-4-2-1-3-5-10;/h1-6,11H,7-10,12-14H2;1-8,15H,14H2;1H. The summed E-state index contributed by atoms with van der Waals surface area (Å²) in [6, 6.07) is 26.0. The highest BCUT2D eigenvalue weighted by Gasteiger charge is 2.22. The van der Waals surface area contributed by atoms with Gasteiger partial charge in [-0.15, -0.1) is 12.4 Å². The van der Waals surface area contributed by atoms with Crippen LogP contribution in [-0.4, -0.2) is 66.4 Å². The quantitative estimate of drug-likeness (QED) is 0.153. The number of nitrogens with zero attached hydrogens (tertiary/aromatic N) is 2.